The van der Waals surface area contributed by atoms with Crippen molar-refractivity contribution >= 4 is 84.1 Å². The van der Waals surface area contributed by atoms with Crippen LogP contribution in [0, 0.1) is 62.3 Å². The van der Waals surface area contributed by atoms with Gasteiger partial charge >= 0.3 is 0 Å². The van der Waals surface area contributed by atoms with E-state index in [2.05, 4.69) is 30.9 Å². The highest BCUT2D eigenvalue weighted by Gasteiger charge is 2.24. The lowest BCUT2D eigenvalue weighted by Gasteiger charge is -2.26. The summed E-state index contributed by atoms with van der Waals surface area (Å²) < 4.78 is 0. The van der Waals surface area contributed by atoms with Gasteiger partial charge in [0.15, 0.2) is 15.4 Å². The molecule has 7 aromatic rings. The second-order valence-electron chi connectivity index (χ2n) is 17.3. The summed E-state index contributed by atoms with van der Waals surface area (Å²) in [7, 11) is 3.45. The van der Waals surface area contributed by atoms with Gasteiger partial charge in [-0.05, 0) is 151 Å². The number of ketones is 1. The van der Waals surface area contributed by atoms with E-state index in [0.717, 1.165) is 82.1 Å². The van der Waals surface area contributed by atoms with Crippen LogP contribution in [0.25, 0.3) is 0 Å². The zero-order valence-corrected chi connectivity index (χ0v) is 43.4. The predicted octanol–water partition coefficient (Wildman–Crippen LogP) is 12.7. The fourth-order valence-electron chi connectivity index (χ4n) is 7.58. The van der Waals surface area contributed by atoms with E-state index in [-0.39, 0.29) is 25.0 Å². The van der Waals surface area contributed by atoms with Gasteiger partial charge in [0, 0.05) is 49.8 Å². The van der Waals surface area contributed by atoms with Crippen molar-refractivity contribution in [1.82, 2.24) is 24.8 Å². The standard InChI is InChI=1S/C19H18N2O2S.C18H23N3O2S.C15H19N3O2S.CH4/c1-11-9-15(10-12(2)16(11)22)21-19-20-13(3)18(24-19)17(23)14-7-5-4-6-8-14;1-11-9-14(10-12(2)15(11)22)20-18-19-13(3)16(24-18)17(23)21-7-5-4-6-8-21;1-8-6-11(7-9(2)12(8)19)17-15-16-10(3)13(21-15)14(20)18(4)5;/h4-10,22H,1-3H3,(H,20,21);9-10,22H,4-8H2,1-3H3,(H,19,20);6-7,19H,1-5H3,(H,16,17);1H4. The number of amides is 2. The van der Waals surface area contributed by atoms with Crippen molar-refractivity contribution in [2.24, 2.45) is 0 Å². The number of nitrogens with zero attached hydrogens (tertiary/aromatic N) is 5. The molecule has 17 heteroatoms. The monoisotopic (exact) mass is 1000 g/mol. The Balaban J connectivity index is 0.000000195. The van der Waals surface area contributed by atoms with Crippen LogP contribution in [0.5, 0.6) is 17.2 Å². The zero-order chi connectivity index (χ0) is 50.3. The maximum absolute atomic E-state index is 12.7. The van der Waals surface area contributed by atoms with Gasteiger partial charge in [0.1, 0.15) is 27.0 Å². The number of piperidine rings is 1. The first-order valence-corrected chi connectivity index (χ1v) is 24.9. The van der Waals surface area contributed by atoms with Crippen molar-refractivity contribution in [3.05, 3.63) is 137 Å². The topological polar surface area (TPSA) is 193 Å². The molecule has 4 aromatic carbocycles. The summed E-state index contributed by atoms with van der Waals surface area (Å²) in [5.74, 6) is 0.954. The Morgan fingerprint density at radius 3 is 1.26 bits per heavy atom. The third kappa shape index (κ3) is 13.3. The van der Waals surface area contributed by atoms with Gasteiger partial charge in [-0.1, -0.05) is 71.8 Å². The van der Waals surface area contributed by atoms with Gasteiger partial charge in [0.05, 0.1) is 22.0 Å². The lowest BCUT2D eigenvalue weighted by molar-refractivity contribution is 0.0727. The number of carbonyl (C=O) groups excluding carboxylic acids is 3. The number of benzene rings is 4. The summed E-state index contributed by atoms with van der Waals surface area (Å²) in [6, 6.07) is 20.4. The van der Waals surface area contributed by atoms with E-state index in [1.54, 1.807) is 31.1 Å². The quantitative estimate of drug-likeness (QED) is 0.0562. The van der Waals surface area contributed by atoms with Gasteiger partial charge in [-0.3, -0.25) is 14.4 Å². The summed E-state index contributed by atoms with van der Waals surface area (Å²) in [5, 5.41) is 41.2. The molecule has 6 N–H and O–H groups in total. The van der Waals surface area contributed by atoms with Crippen LogP contribution in [0.2, 0.25) is 0 Å². The molecule has 0 unspecified atom stereocenters. The van der Waals surface area contributed by atoms with Gasteiger partial charge in [0.2, 0.25) is 5.78 Å². The molecule has 4 heterocycles. The Kier molecular flexibility index (Phi) is 18.3. The molecule has 1 aliphatic heterocycles. The molecule has 14 nitrogen and oxygen atoms in total. The SMILES string of the molecule is C.Cc1cc(Nc2nc(C)c(C(=O)N(C)C)s2)cc(C)c1O.Cc1cc(Nc2nc(C)c(C(=O)N3CCCCC3)s2)cc(C)c1O.Cc1cc(Nc2nc(C)c(C(=O)c3ccccc3)s2)cc(C)c1O. The molecule has 0 aliphatic carbocycles. The molecule has 0 radical (unpaired) electrons. The highest BCUT2D eigenvalue weighted by Crippen LogP contribution is 2.34. The third-order valence-corrected chi connectivity index (χ3v) is 14.5. The predicted molar refractivity (Wildman–Crippen MR) is 288 cm³/mol. The number of nitrogens with one attached hydrogen (secondary N) is 3. The van der Waals surface area contributed by atoms with E-state index in [1.807, 2.05) is 122 Å². The lowest BCUT2D eigenvalue weighted by Crippen LogP contribution is -2.35. The molecule has 1 saturated heterocycles. The van der Waals surface area contributed by atoms with Gasteiger partial charge in [-0.25, -0.2) is 15.0 Å². The number of aryl methyl sites for hydroxylation is 9. The number of thiazole rings is 3. The molecule has 2 amide bonds. The van der Waals surface area contributed by atoms with E-state index >= 15 is 0 Å². The Morgan fingerprint density at radius 2 is 0.871 bits per heavy atom. The first-order valence-electron chi connectivity index (χ1n) is 22.4. The molecule has 3 aromatic heterocycles. The molecular formula is C53H64N8O6S3. The van der Waals surface area contributed by atoms with Crippen molar-refractivity contribution < 1.29 is 29.7 Å². The van der Waals surface area contributed by atoms with E-state index in [1.165, 1.54) is 40.4 Å². The Hall–Kier alpha value is -6.82. The largest absolute Gasteiger partial charge is 0.507 e. The Bertz CT molecular complexity index is 2920. The summed E-state index contributed by atoms with van der Waals surface area (Å²) in [4.78, 5) is 56.1. The first kappa shape index (κ1) is 54.1. The van der Waals surface area contributed by atoms with Crippen molar-refractivity contribution in [2.75, 3.05) is 43.1 Å². The van der Waals surface area contributed by atoms with E-state index in [4.69, 9.17) is 0 Å². The smallest absolute Gasteiger partial charge is 0.265 e. The van der Waals surface area contributed by atoms with Gasteiger partial charge in [0.25, 0.3) is 11.8 Å². The zero-order valence-electron chi connectivity index (χ0n) is 40.9. The molecule has 0 saturated carbocycles. The maximum atomic E-state index is 12.7. The number of likely N-dealkylation sites (tertiary alicyclic amines) is 1. The second-order valence-corrected chi connectivity index (χ2v) is 20.3. The third-order valence-electron chi connectivity index (χ3n) is 11.3. The highest BCUT2D eigenvalue weighted by atomic mass is 32.1. The summed E-state index contributed by atoms with van der Waals surface area (Å²) in [6.45, 7) is 18.4. The normalized spacial score (nSPS) is 11.8. The number of phenols is 3. The average Bonchev–Trinajstić information content (AvgIpc) is 4.00. The first-order chi connectivity index (χ1) is 32.7. The van der Waals surface area contributed by atoms with Gasteiger partial charge < -0.3 is 41.1 Å². The van der Waals surface area contributed by atoms with Crippen LogP contribution in [0.1, 0.15) is 112 Å². The van der Waals surface area contributed by atoms with Crippen molar-refractivity contribution in [2.45, 2.75) is 89.0 Å². The molecule has 370 valence electrons. The van der Waals surface area contributed by atoms with E-state index < -0.39 is 0 Å². The number of anilines is 6. The fourth-order valence-corrected chi connectivity index (χ4v) is 10.5. The summed E-state index contributed by atoms with van der Waals surface area (Å²) >= 11 is 4.07. The number of rotatable bonds is 10. The number of hydrogen-bond donors (Lipinski definition) is 6. The van der Waals surface area contributed by atoms with E-state index in [0.29, 0.717) is 64.2 Å². The van der Waals surface area contributed by atoms with E-state index in [9.17, 15) is 29.7 Å². The summed E-state index contributed by atoms with van der Waals surface area (Å²) in [6.07, 6.45) is 3.37. The van der Waals surface area contributed by atoms with Crippen LogP contribution in [0.3, 0.4) is 0 Å². The number of aromatic hydroxyl groups is 3. The highest BCUT2D eigenvalue weighted by molar-refractivity contribution is 7.18. The second kappa shape index (κ2) is 23.7. The molecule has 1 fully saturated rings. The van der Waals surface area contributed by atoms with Gasteiger partial charge in [-0.15, -0.1) is 0 Å². The number of carbonyl (C=O) groups is 3. The number of aromatic nitrogens is 3. The molecule has 8 rings (SSSR count). The molecule has 0 atom stereocenters. The molecule has 1 aliphatic rings. The average molecular weight is 1010 g/mol. The van der Waals surface area contributed by atoms with Crippen LogP contribution in [0.15, 0.2) is 66.7 Å². The van der Waals surface area contributed by atoms with Crippen molar-refractivity contribution in [3.8, 4) is 17.2 Å². The number of phenolic OH excluding ortho intramolecular Hbond substituents is 3. The summed E-state index contributed by atoms with van der Waals surface area (Å²) in [5.41, 5.74) is 10.2. The van der Waals surface area contributed by atoms with Gasteiger partial charge in [-0.2, -0.15) is 0 Å². The van der Waals surface area contributed by atoms with Crippen LogP contribution in [-0.2, 0) is 0 Å². The lowest BCUT2D eigenvalue weighted by atomic mass is 10.1. The van der Waals surface area contributed by atoms with Crippen molar-refractivity contribution in [1.29, 1.82) is 0 Å². The molecule has 0 spiro atoms. The molecule has 0 bridgehead atoms. The van der Waals surface area contributed by atoms with Crippen LogP contribution in [-0.4, -0.2) is 84.9 Å². The Labute approximate surface area is 423 Å². The Morgan fingerprint density at radius 1 is 0.529 bits per heavy atom. The van der Waals surface area contributed by atoms with Crippen LogP contribution < -0.4 is 16.0 Å². The minimum absolute atomic E-state index is 0. The fraction of sp³-hybridized carbons (Fsp3) is 0.321. The maximum Gasteiger partial charge on any atom is 0.265 e. The minimum Gasteiger partial charge on any atom is -0.507 e. The number of hydrogen-bond acceptors (Lipinski definition) is 15. The molecular weight excluding hydrogens is 941 g/mol. The molecule has 70 heavy (non-hydrogen) atoms. The van der Waals surface area contributed by atoms with Crippen LogP contribution >= 0.6 is 34.0 Å². The minimum atomic E-state index is -0.0453. The van der Waals surface area contributed by atoms with Crippen molar-refractivity contribution in [3.63, 3.8) is 0 Å². The van der Waals surface area contributed by atoms with Crippen LogP contribution in [0.4, 0.5) is 32.5 Å².